The van der Waals surface area contributed by atoms with Crippen molar-refractivity contribution < 1.29 is 0 Å². The van der Waals surface area contributed by atoms with E-state index >= 15 is 0 Å². The van der Waals surface area contributed by atoms with E-state index in [1.165, 1.54) is 15.3 Å². The van der Waals surface area contributed by atoms with Gasteiger partial charge in [-0.2, -0.15) is 5.10 Å². The van der Waals surface area contributed by atoms with Crippen LogP contribution in [0.3, 0.4) is 0 Å². The molecule has 1 aliphatic rings. The van der Waals surface area contributed by atoms with Crippen molar-refractivity contribution in [3.8, 4) is 10.4 Å². The molecular weight excluding hydrogens is 374 g/mol. The third kappa shape index (κ3) is 4.21. The molecular formula is C20H25N5S2. The fourth-order valence-electron chi connectivity index (χ4n) is 3.41. The molecule has 1 saturated heterocycles. The zero-order valence-electron chi connectivity index (χ0n) is 15.8. The van der Waals surface area contributed by atoms with Crippen LogP contribution in [0.4, 0.5) is 0 Å². The Morgan fingerprint density at radius 3 is 2.37 bits per heavy atom. The summed E-state index contributed by atoms with van der Waals surface area (Å²) in [5.74, 6) is 0.963. The van der Waals surface area contributed by atoms with E-state index in [1.54, 1.807) is 0 Å². The predicted octanol–water partition coefficient (Wildman–Crippen LogP) is 3.76. The lowest BCUT2D eigenvalue weighted by molar-refractivity contribution is 0.0986. The van der Waals surface area contributed by atoms with Gasteiger partial charge in [0.05, 0.1) is 6.67 Å². The van der Waals surface area contributed by atoms with Crippen molar-refractivity contribution in [1.82, 2.24) is 24.1 Å². The van der Waals surface area contributed by atoms with E-state index in [2.05, 4.69) is 57.4 Å². The van der Waals surface area contributed by atoms with Gasteiger partial charge in [-0.3, -0.25) is 9.80 Å². The van der Waals surface area contributed by atoms with Gasteiger partial charge in [0.1, 0.15) is 5.82 Å². The minimum atomic E-state index is 0.783. The Morgan fingerprint density at radius 1 is 1.00 bits per heavy atom. The molecule has 0 atom stereocenters. The zero-order valence-corrected chi connectivity index (χ0v) is 17.5. The minimum Gasteiger partial charge on any atom is -0.307 e. The van der Waals surface area contributed by atoms with Crippen molar-refractivity contribution in [2.24, 2.45) is 7.05 Å². The van der Waals surface area contributed by atoms with E-state index in [0.717, 1.165) is 50.0 Å². The lowest BCUT2D eigenvalue weighted by Gasteiger charge is -2.34. The van der Waals surface area contributed by atoms with Crippen LogP contribution < -0.4 is 0 Å². The molecule has 0 amide bonds. The quantitative estimate of drug-likeness (QED) is 0.611. The predicted molar refractivity (Wildman–Crippen MR) is 113 cm³/mol. The largest absolute Gasteiger partial charge is 0.307 e. The highest BCUT2D eigenvalue weighted by atomic mass is 32.1. The second-order valence-corrected chi connectivity index (χ2v) is 8.59. The van der Waals surface area contributed by atoms with Crippen LogP contribution in [-0.4, -0.2) is 50.3 Å². The molecule has 0 spiro atoms. The maximum Gasteiger partial charge on any atom is 0.198 e. The fraction of sp³-hybridized carbons (Fsp3) is 0.400. The number of nitrogens with zero attached hydrogens (tertiary/aromatic N) is 5. The van der Waals surface area contributed by atoms with Gasteiger partial charge in [0, 0.05) is 49.5 Å². The Morgan fingerprint density at radius 2 is 1.70 bits per heavy atom. The first kappa shape index (κ1) is 18.6. The third-order valence-electron chi connectivity index (χ3n) is 5.16. The van der Waals surface area contributed by atoms with Crippen LogP contribution in [0, 0.1) is 11.7 Å². The second kappa shape index (κ2) is 8.06. The molecule has 0 N–H and O–H groups in total. The molecule has 142 valence electrons. The van der Waals surface area contributed by atoms with Gasteiger partial charge in [-0.25, -0.2) is 4.68 Å². The van der Waals surface area contributed by atoms with Crippen LogP contribution in [0.15, 0.2) is 42.5 Å². The maximum absolute atomic E-state index is 5.46. The summed E-state index contributed by atoms with van der Waals surface area (Å²) in [6.07, 6.45) is 0. The fourth-order valence-corrected chi connectivity index (χ4v) is 4.69. The standard InChI is InChI=1S/C20H25N5S2/c1-16-21-25(20(26)22(16)2)15-24-12-10-23(11-13-24)14-18-8-9-19(27-18)17-6-4-3-5-7-17/h3-9H,10-15H2,1-2H3. The molecule has 3 heterocycles. The van der Waals surface area contributed by atoms with E-state index < -0.39 is 0 Å². The zero-order chi connectivity index (χ0) is 18.8. The monoisotopic (exact) mass is 399 g/mol. The van der Waals surface area contributed by atoms with E-state index in [1.807, 2.05) is 34.6 Å². The van der Waals surface area contributed by atoms with Crippen molar-refractivity contribution in [3.63, 3.8) is 0 Å². The average molecular weight is 400 g/mol. The van der Waals surface area contributed by atoms with Gasteiger partial charge in [-0.05, 0) is 36.8 Å². The number of aryl methyl sites for hydroxylation is 1. The van der Waals surface area contributed by atoms with Crippen LogP contribution in [0.25, 0.3) is 10.4 Å². The van der Waals surface area contributed by atoms with Crippen LogP contribution >= 0.6 is 23.6 Å². The molecule has 7 heteroatoms. The maximum atomic E-state index is 5.46. The Labute approximate surface area is 169 Å². The average Bonchev–Trinajstić information content (AvgIpc) is 3.25. The number of piperazine rings is 1. The highest BCUT2D eigenvalue weighted by Gasteiger charge is 2.19. The number of benzene rings is 1. The van der Waals surface area contributed by atoms with Crippen molar-refractivity contribution >= 4 is 23.6 Å². The van der Waals surface area contributed by atoms with Crippen molar-refractivity contribution in [3.05, 3.63) is 57.9 Å². The Bertz CT molecular complexity index is 948. The molecule has 2 aromatic heterocycles. The molecule has 27 heavy (non-hydrogen) atoms. The summed E-state index contributed by atoms with van der Waals surface area (Å²) in [4.78, 5) is 7.76. The summed E-state index contributed by atoms with van der Waals surface area (Å²) >= 11 is 7.37. The van der Waals surface area contributed by atoms with Crippen LogP contribution in [0.1, 0.15) is 10.7 Å². The second-order valence-electron chi connectivity index (χ2n) is 7.06. The van der Waals surface area contributed by atoms with Gasteiger partial charge in [0.15, 0.2) is 4.77 Å². The normalized spacial score (nSPS) is 16.1. The Balaban J connectivity index is 1.31. The number of hydrogen-bond acceptors (Lipinski definition) is 5. The molecule has 0 unspecified atom stereocenters. The molecule has 5 nitrogen and oxygen atoms in total. The summed E-state index contributed by atoms with van der Waals surface area (Å²) in [6, 6.07) is 15.1. The summed E-state index contributed by atoms with van der Waals surface area (Å²) in [7, 11) is 1.98. The molecule has 0 bridgehead atoms. The summed E-state index contributed by atoms with van der Waals surface area (Å²) in [6.45, 7) is 8.08. The molecule has 1 aromatic carbocycles. The molecule has 1 fully saturated rings. The van der Waals surface area contributed by atoms with Gasteiger partial charge in [0.2, 0.25) is 0 Å². The summed E-state index contributed by atoms with van der Waals surface area (Å²) in [5.41, 5.74) is 1.31. The van der Waals surface area contributed by atoms with Crippen molar-refractivity contribution in [1.29, 1.82) is 0 Å². The molecule has 1 aliphatic heterocycles. The van der Waals surface area contributed by atoms with Gasteiger partial charge in [-0.15, -0.1) is 11.3 Å². The van der Waals surface area contributed by atoms with Gasteiger partial charge in [-0.1, -0.05) is 30.3 Å². The van der Waals surface area contributed by atoms with Gasteiger partial charge < -0.3 is 4.57 Å². The highest BCUT2D eigenvalue weighted by molar-refractivity contribution is 7.71. The molecule has 0 radical (unpaired) electrons. The molecule has 3 aromatic rings. The Hall–Kier alpha value is -1.80. The number of aromatic nitrogens is 3. The summed E-state index contributed by atoms with van der Waals surface area (Å²) < 4.78 is 4.69. The number of rotatable bonds is 5. The first-order valence-electron chi connectivity index (χ1n) is 9.29. The van der Waals surface area contributed by atoms with Crippen LogP contribution in [0.2, 0.25) is 0 Å². The Kier molecular flexibility index (Phi) is 5.54. The van der Waals surface area contributed by atoms with Gasteiger partial charge >= 0.3 is 0 Å². The van der Waals surface area contributed by atoms with E-state index in [4.69, 9.17) is 12.2 Å². The molecule has 0 saturated carbocycles. The first-order chi connectivity index (χ1) is 13.1. The van der Waals surface area contributed by atoms with E-state index in [9.17, 15) is 0 Å². The number of hydrogen-bond donors (Lipinski definition) is 0. The first-order valence-corrected chi connectivity index (χ1v) is 10.5. The van der Waals surface area contributed by atoms with Gasteiger partial charge in [0.25, 0.3) is 0 Å². The van der Waals surface area contributed by atoms with Crippen molar-refractivity contribution in [2.75, 3.05) is 26.2 Å². The lowest BCUT2D eigenvalue weighted by Crippen LogP contribution is -2.46. The third-order valence-corrected chi connectivity index (χ3v) is 6.76. The van der Waals surface area contributed by atoms with Crippen molar-refractivity contribution in [2.45, 2.75) is 20.1 Å². The smallest absolute Gasteiger partial charge is 0.198 e. The SMILES string of the molecule is Cc1nn(CN2CCN(Cc3ccc(-c4ccccc4)s3)CC2)c(=S)n1C. The van der Waals surface area contributed by atoms with Crippen LogP contribution in [0.5, 0.6) is 0 Å². The van der Waals surface area contributed by atoms with Crippen LogP contribution in [-0.2, 0) is 20.3 Å². The number of thiophene rings is 1. The topological polar surface area (TPSA) is 29.2 Å². The summed E-state index contributed by atoms with van der Waals surface area (Å²) in [5, 5.41) is 4.54. The lowest BCUT2D eigenvalue weighted by atomic mass is 10.2. The highest BCUT2D eigenvalue weighted by Crippen LogP contribution is 2.28. The molecule has 0 aliphatic carbocycles. The molecule has 4 rings (SSSR count). The van der Waals surface area contributed by atoms with E-state index in [-0.39, 0.29) is 0 Å². The minimum absolute atomic E-state index is 0.783. The van der Waals surface area contributed by atoms with E-state index in [0.29, 0.717) is 0 Å².